The summed E-state index contributed by atoms with van der Waals surface area (Å²) in [6, 6.07) is 1.95. The van der Waals surface area contributed by atoms with Crippen LogP contribution in [0.5, 0.6) is 0 Å². The molecule has 0 aliphatic heterocycles. The third-order valence-corrected chi connectivity index (χ3v) is 3.63. The molecule has 0 spiro atoms. The molecular weight excluding hydrogens is 208 g/mol. The fourth-order valence-corrected chi connectivity index (χ4v) is 2.64. The van der Waals surface area contributed by atoms with E-state index in [4.69, 9.17) is 5.73 Å². The van der Waals surface area contributed by atoms with Gasteiger partial charge in [-0.1, -0.05) is 12.8 Å². The molecule has 15 heavy (non-hydrogen) atoms. The lowest BCUT2D eigenvalue weighted by Gasteiger charge is -2.27. The first-order valence-corrected chi connectivity index (χ1v) is 6.30. The molecule has 2 unspecified atom stereocenters. The van der Waals surface area contributed by atoms with E-state index in [2.05, 4.69) is 5.32 Å². The highest BCUT2D eigenvalue weighted by Crippen LogP contribution is 2.24. The lowest BCUT2D eigenvalue weighted by atomic mass is 9.84. The standard InChI is InChI=1S/C11H16N2OS/c12-10-4-2-1-3-9(10)11(14)13-8-5-6-15-7-8/h5-7,9-10H,1-4,12H2,(H,13,14). The van der Waals surface area contributed by atoms with E-state index < -0.39 is 0 Å². The fraction of sp³-hybridized carbons (Fsp3) is 0.545. The van der Waals surface area contributed by atoms with Crippen LogP contribution in [-0.2, 0) is 4.79 Å². The maximum Gasteiger partial charge on any atom is 0.229 e. The third kappa shape index (κ3) is 2.58. The summed E-state index contributed by atoms with van der Waals surface area (Å²) in [6.07, 6.45) is 4.18. The summed E-state index contributed by atoms with van der Waals surface area (Å²) in [5, 5.41) is 6.81. The van der Waals surface area contributed by atoms with Crippen LogP contribution in [0.1, 0.15) is 25.7 Å². The number of hydrogen-bond donors (Lipinski definition) is 2. The van der Waals surface area contributed by atoms with Crippen molar-refractivity contribution in [1.82, 2.24) is 0 Å². The molecule has 0 saturated heterocycles. The van der Waals surface area contributed by atoms with Gasteiger partial charge in [0.05, 0.1) is 11.6 Å². The fourth-order valence-electron chi connectivity index (χ4n) is 2.06. The average Bonchev–Trinajstić information content (AvgIpc) is 2.71. The van der Waals surface area contributed by atoms with Crippen LogP contribution in [0.3, 0.4) is 0 Å². The summed E-state index contributed by atoms with van der Waals surface area (Å²) >= 11 is 1.58. The van der Waals surface area contributed by atoms with Crippen molar-refractivity contribution in [3.8, 4) is 0 Å². The number of nitrogens with two attached hydrogens (primary N) is 1. The Kier molecular flexibility index (Phi) is 3.38. The van der Waals surface area contributed by atoms with E-state index in [1.165, 1.54) is 0 Å². The van der Waals surface area contributed by atoms with Gasteiger partial charge in [-0.3, -0.25) is 4.79 Å². The molecular formula is C11H16N2OS. The molecule has 82 valence electrons. The second kappa shape index (κ2) is 4.77. The summed E-state index contributed by atoms with van der Waals surface area (Å²) in [4.78, 5) is 11.9. The van der Waals surface area contributed by atoms with Gasteiger partial charge in [0.2, 0.25) is 5.91 Å². The van der Waals surface area contributed by atoms with Gasteiger partial charge in [-0.15, -0.1) is 0 Å². The highest BCUT2D eigenvalue weighted by molar-refractivity contribution is 7.08. The third-order valence-electron chi connectivity index (χ3n) is 2.94. The summed E-state index contributed by atoms with van der Waals surface area (Å²) in [6.45, 7) is 0. The first kappa shape index (κ1) is 10.6. The van der Waals surface area contributed by atoms with E-state index >= 15 is 0 Å². The van der Waals surface area contributed by atoms with E-state index in [9.17, 15) is 4.79 Å². The van der Waals surface area contributed by atoms with Crippen molar-refractivity contribution in [3.05, 3.63) is 16.8 Å². The highest BCUT2D eigenvalue weighted by Gasteiger charge is 2.28. The second-order valence-electron chi connectivity index (χ2n) is 4.06. The van der Waals surface area contributed by atoms with Gasteiger partial charge < -0.3 is 11.1 Å². The van der Waals surface area contributed by atoms with Crippen LogP contribution >= 0.6 is 11.3 Å². The minimum Gasteiger partial charge on any atom is -0.327 e. The van der Waals surface area contributed by atoms with Gasteiger partial charge in [0.15, 0.2) is 0 Å². The molecule has 1 aromatic rings. The Morgan fingerprint density at radius 1 is 1.47 bits per heavy atom. The zero-order valence-corrected chi connectivity index (χ0v) is 9.43. The van der Waals surface area contributed by atoms with Crippen molar-refractivity contribution < 1.29 is 4.79 Å². The van der Waals surface area contributed by atoms with Crippen LogP contribution in [0.25, 0.3) is 0 Å². The molecule has 0 aromatic carbocycles. The van der Waals surface area contributed by atoms with Crippen molar-refractivity contribution in [2.45, 2.75) is 31.7 Å². The molecule has 1 aliphatic carbocycles. The Morgan fingerprint density at radius 3 is 2.93 bits per heavy atom. The Labute approximate surface area is 93.7 Å². The lowest BCUT2D eigenvalue weighted by molar-refractivity contribution is -0.121. The highest BCUT2D eigenvalue weighted by atomic mass is 32.1. The molecule has 2 rings (SSSR count). The van der Waals surface area contributed by atoms with Gasteiger partial charge >= 0.3 is 0 Å². The number of carbonyl (C=O) groups excluding carboxylic acids is 1. The van der Waals surface area contributed by atoms with E-state index in [1.807, 2.05) is 16.8 Å². The zero-order valence-electron chi connectivity index (χ0n) is 8.61. The van der Waals surface area contributed by atoms with Crippen molar-refractivity contribution in [1.29, 1.82) is 0 Å². The molecule has 1 aliphatic rings. The van der Waals surface area contributed by atoms with E-state index in [0.29, 0.717) is 0 Å². The zero-order chi connectivity index (χ0) is 10.7. The molecule has 3 nitrogen and oxygen atoms in total. The largest absolute Gasteiger partial charge is 0.327 e. The Balaban J connectivity index is 1.95. The molecule has 1 aromatic heterocycles. The molecule has 2 atom stereocenters. The topological polar surface area (TPSA) is 55.1 Å². The maximum atomic E-state index is 11.9. The summed E-state index contributed by atoms with van der Waals surface area (Å²) < 4.78 is 0. The molecule has 0 bridgehead atoms. The number of thiophene rings is 1. The van der Waals surface area contributed by atoms with Crippen molar-refractivity contribution in [2.24, 2.45) is 11.7 Å². The number of rotatable bonds is 2. The van der Waals surface area contributed by atoms with E-state index in [1.54, 1.807) is 11.3 Å². The van der Waals surface area contributed by atoms with Crippen molar-refractivity contribution >= 4 is 22.9 Å². The molecule has 1 fully saturated rings. The number of hydrogen-bond acceptors (Lipinski definition) is 3. The van der Waals surface area contributed by atoms with Gasteiger partial charge in [0, 0.05) is 11.4 Å². The molecule has 4 heteroatoms. The monoisotopic (exact) mass is 224 g/mol. The number of amides is 1. The van der Waals surface area contributed by atoms with Gasteiger partial charge in [0.1, 0.15) is 0 Å². The van der Waals surface area contributed by atoms with Gasteiger partial charge in [0.25, 0.3) is 0 Å². The number of anilines is 1. The summed E-state index contributed by atoms with van der Waals surface area (Å²) in [5.74, 6) is 0.0826. The minimum absolute atomic E-state index is 0.00125. The van der Waals surface area contributed by atoms with Crippen LogP contribution < -0.4 is 11.1 Å². The molecule has 1 heterocycles. The second-order valence-corrected chi connectivity index (χ2v) is 4.84. The smallest absolute Gasteiger partial charge is 0.229 e. The van der Waals surface area contributed by atoms with Gasteiger partial charge in [-0.2, -0.15) is 11.3 Å². The van der Waals surface area contributed by atoms with E-state index in [0.717, 1.165) is 31.4 Å². The maximum absolute atomic E-state index is 11.9. The van der Waals surface area contributed by atoms with Crippen molar-refractivity contribution in [2.75, 3.05) is 5.32 Å². The normalized spacial score (nSPS) is 26.2. The average molecular weight is 224 g/mol. The van der Waals surface area contributed by atoms with E-state index in [-0.39, 0.29) is 17.9 Å². The quantitative estimate of drug-likeness (QED) is 0.809. The summed E-state index contributed by atoms with van der Waals surface area (Å²) in [5.41, 5.74) is 6.84. The Bertz CT molecular complexity index is 323. The molecule has 3 N–H and O–H groups in total. The van der Waals surface area contributed by atoms with Crippen LogP contribution in [0.4, 0.5) is 5.69 Å². The van der Waals surface area contributed by atoms with Crippen LogP contribution in [0, 0.1) is 5.92 Å². The molecule has 1 amide bonds. The predicted octanol–water partition coefficient (Wildman–Crippen LogP) is 2.20. The van der Waals surface area contributed by atoms with Crippen LogP contribution in [0.2, 0.25) is 0 Å². The minimum atomic E-state index is -0.00125. The Hall–Kier alpha value is -0.870. The number of carbonyl (C=O) groups is 1. The SMILES string of the molecule is NC1CCCCC1C(=O)Nc1ccsc1. The lowest BCUT2D eigenvalue weighted by Crippen LogP contribution is -2.40. The number of nitrogens with one attached hydrogen (secondary N) is 1. The van der Waals surface area contributed by atoms with Gasteiger partial charge in [-0.05, 0) is 24.3 Å². The molecule has 1 saturated carbocycles. The first-order chi connectivity index (χ1) is 7.27. The predicted molar refractivity (Wildman–Crippen MR) is 62.9 cm³/mol. The first-order valence-electron chi connectivity index (χ1n) is 5.36. The van der Waals surface area contributed by atoms with Crippen molar-refractivity contribution in [3.63, 3.8) is 0 Å². The van der Waals surface area contributed by atoms with Crippen LogP contribution in [0.15, 0.2) is 16.8 Å². The molecule has 0 radical (unpaired) electrons. The van der Waals surface area contributed by atoms with Crippen LogP contribution in [-0.4, -0.2) is 11.9 Å². The Morgan fingerprint density at radius 2 is 2.27 bits per heavy atom. The summed E-state index contributed by atoms with van der Waals surface area (Å²) in [7, 11) is 0. The van der Waals surface area contributed by atoms with Gasteiger partial charge in [-0.25, -0.2) is 0 Å².